The highest BCUT2D eigenvalue weighted by molar-refractivity contribution is 5.89. The molecule has 1 aliphatic heterocycles. The van der Waals surface area contributed by atoms with Gasteiger partial charge in [0, 0.05) is 26.2 Å². The second-order valence-corrected chi connectivity index (χ2v) is 4.44. The molecule has 1 aromatic rings. The minimum atomic E-state index is -1.00. The molecule has 1 aromatic carbocycles. The van der Waals surface area contributed by atoms with Gasteiger partial charge in [-0.3, -0.25) is 0 Å². The number of likely N-dealkylation sites (N-methyl/N-ethyl adjacent to an activating group) is 1. The number of rotatable bonds is 2. The zero-order valence-electron chi connectivity index (χ0n) is 10.3. The van der Waals surface area contributed by atoms with E-state index in [1.807, 2.05) is 0 Å². The number of carbonyl (C=O) groups is 1. The van der Waals surface area contributed by atoms with E-state index in [1.54, 1.807) is 12.1 Å². The van der Waals surface area contributed by atoms with Crippen molar-refractivity contribution in [3.8, 4) is 6.07 Å². The van der Waals surface area contributed by atoms with Crippen molar-refractivity contribution >= 4 is 11.7 Å². The van der Waals surface area contributed by atoms with E-state index < -0.39 is 5.97 Å². The molecule has 2 rings (SSSR count). The summed E-state index contributed by atoms with van der Waals surface area (Å²) in [7, 11) is 2.07. The lowest BCUT2D eigenvalue weighted by Crippen LogP contribution is -2.44. The van der Waals surface area contributed by atoms with Gasteiger partial charge >= 0.3 is 5.97 Å². The zero-order chi connectivity index (χ0) is 13.1. The molecule has 0 saturated carbocycles. The van der Waals surface area contributed by atoms with Gasteiger partial charge in [0.1, 0.15) is 6.07 Å². The molecule has 0 aromatic heterocycles. The van der Waals surface area contributed by atoms with Crippen molar-refractivity contribution in [2.45, 2.75) is 0 Å². The maximum Gasteiger partial charge on any atom is 0.335 e. The standard InChI is InChI=1S/C13H15N3O2/c1-15-4-6-16(7-5-15)12-3-2-10(13(17)18)8-11(12)9-14/h2-3,8H,4-7H2,1H3,(H,17,18). The van der Waals surface area contributed by atoms with Crippen molar-refractivity contribution in [3.63, 3.8) is 0 Å². The Morgan fingerprint density at radius 3 is 2.56 bits per heavy atom. The fourth-order valence-electron chi connectivity index (χ4n) is 2.08. The van der Waals surface area contributed by atoms with Gasteiger partial charge in [-0.25, -0.2) is 4.79 Å². The van der Waals surface area contributed by atoms with E-state index in [0.29, 0.717) is 5.56 Å². The summed E-state index contributed by atoms with van der Waals surface area (Å²) in [6.07, 6.45) is 0. The lowest BCUT2D eigenvalue weighted by atomic mass is 10.1. The number of piperazine rings is 1. The molecule has 1 heterocycles. The van der Waals surface area contributed by atoms with Crippen LogP contribution in [0.4, 0.5) is 5.69 Å². The van der Waals surface area contributed by atoms with Crippen molar-refractivity contribution < 1.29 is 9.90 Å². The molecule has 5 heteroatoms. The Morgan fingerprint density at radius 1 is 1.33 bits per heavy atom. The number of carboxylic acids is 1. The SMILES string of the molecule is CN1CCN(c2ccc(C(=O)O)cc2C#N)CC1. The van der Waals surface area contributed by atoms with E-state index in [-0.39, 0.29) is 5.56 Å². The molecule has 18 heavy (non-hydrogen) atoms. The Morgan fingerprint density at radius 2 is 2.00 bits per heavy atom. The number of hydrogen-bond acceptors (Lipinski definition) is 4. The minimum Gasteiger partial charge on any atom is -0.478 e. The Bertz CT molecular complexity index is 499. The van der Waals surface area contributed by atoms with Crippen LogP contribution in [0.25, 0.3) is 0 Å². The van der Waals surface area contributed by atoms with Crippen LogP contribution < -0.4 is 4.90 Å². The van der Waals surface area contributed by atoms with Crippen LogP contribution in [-0.4, -0.2) is 49.2 Å². The van der Waals surface area contributed by atoms with Gasteiger partial charge in [0.25, 0.3) is 0 Å². The highest BCUT2D eigenvalue weighted by Crippen LogP contribution is 2.22. The van der Waals surface area contributed by atoms with E-state index in [1.165, 1.54) is 6.07 Å². The van der Waals surface area contributed by atoms with Gasteiger partial charge in [-0.1, -0.05) is 0 Å². The quantitative estimate of drug-likeness (QED) is 0.842. The first kappa shape index (κ1) is 12.4. The number of nitrogens with zero attached hydrogens (tertiary/aromatic N) is 3. The molecule has 0 bridgehead atoms. The molecule has 1 aliphatic rings. The first-order valence-electron chi connectivity index (χ1n) is 5.83. The topological polar surface area (TPSA) is 67.6 Å². The Labute approximate surface area is 106 Å². The molecule has 94 valence electrons. The summed E-state index contributed by atoms with van der Waals surface area (Å²) in [6, 6.07) is 6.80. The second kappa shape index (κ2) is 5.07. The normalized spacial score (nSPS) is 16.3. The van der Waals surface area contributed by atoms with E-state index in [2.05, 4.69) is 22.9 Å². The number of aromatic carboxylic acids is 1. The second-order valence-electron chi connectivity index (χ2n) is 4.44. The van der Waals surface area contributed by atoms with Gasteiger partial charge in [0.2, 0.25) is 0 Å². The Hall–Kier alpha value is -2.06. The highest BCUT2D eigenvalue weighted by Gasteiger charge is 2.18. The largest absolute Gasteiger partial charge is 0.478 e. The highest BCUT2D eigenvalue weighted by atomic mass is 16.4. The fourth-order valence-corrected chi connectivity index (χ4v) is 2.08. The van der Waals surface area contributed by atoms with E-state index >= 15 is 0 Å². The van der Waals surface area contributed by atoms with Crippen LogP contribution in [0.15, 0.2) is 18.2 Å². The van der Waals surface area contributed by atoms with Gasteiger partial charge < -0.3 is 14.9 Å². The van der Waals surface area contributed by atoms with Crippen molar-refractivity contribution in [1.29, 1.82) is 5.26 Å². The lowest BCUT2D eigenvalue weighted by molar-refractivity contribution is 0.0697. The molecule has 0 amide bonds. The van der Waals surface area contributed by atoms with Crippen molar-refractivity contribution in [1.82, 2.24) is 4.90 Å². The maximum absolute atomic E-state index is 10.9. The molecule has 0 spiro atoms. The van der Waals surface area contributed by atoms with Crippen LogP contribution in [-0.2, 0) is 0 Å². The average molecular weight is 245 g/mol. The zero-order valence-corrected chi connectivity index (χ0v) is 10.3. The van der Waals surface area contributed by atoms with Crippen LogP contribution in [0.1, 0.15) is 15.9 Å². The molecule has 1 fully saturated rings. The van der Waals surface area contributed by atoms with Gasteiger partial charge in [0.15, 0.2) is 0 Å². The molecule has 0 aliphatic carbocycles. The monoisotopic (exact) mass is 245 g/mol. The van der Waals surface area contributed by atoms with E-state index in [9.17, 15) is 4.79 Å². The smallest absolute Gasteiger partial charge is 0.335 e. The number of benzene rings is 1. The summed E-state index contributed by atoms with van der Waals surface area (Å²) in [5.74, 6) is -1.00. The maximum atomic E-state index is 10.9. The molecule has 0 unspecified atom stereocenters. The molecule has 0 atom stereocenters. The van der Waals surface area contributed by atoms with Gasteiger partial charge in [-0.05, 0) is 25.2 Å². The predicted octanol–water partition coefficient (Wildman–Crippen LogP) is 1.01. The van der Waals surface area contributed by atoms with Gasteiger partial charge in [-0.2, -0.15) is 5.26 Å². The number of anilines is 1. The third-order valence-electron chi connectivity index (χ3n) is 3.21. The summed E-state index contributed by atoms with van der Waals surface area (Å²) in [5.41, 5.74) is 1.42. The molecule has 1 N–H and O–H groups in total. The fraction of sp³-hybridized carbons (Fsp3) is 0.385. The summed E-state index contributed by atoms with van der Waals surface area (Å²) in [5, 5.41) is 18.0. The Balaban J connectivity index is 2.28. The first-order valence-corrected chi connectivity index (χ1v) is 5.83. The summed E-state index contributed by atoms with van der Waals surface area (Å²) in [6.45, 7) is 3.62. The summed E-state index contributed by atoms with van der Waals surface area (Å²) < 4.78 is 0. The third-order valence-corrected chi connectivity index (χ3v) is 3.21. The lowest BCUT2D eigenvalue weighted by Gasteiger charge is -2.34. The number of hydrogen-bond donors (Lipinski definition) is 1. The Kier molecular flexibility index (Phi) is 3.49. The van der Waals surface area contributed by atoms with Crippen molar-refractivity contribution in [2.24, 2.45) is 0 Å². The van der Waals surface area contributed by atoms with Crippen LogP contribution in [0.2, 0.25) is 0 Å². The van der Waals surface area contributed by atoms with Crippen LogP contribution >= 0.6 is 0 Å². The number of nitriles is 1. The van der Waals surface area contributed by atoms with Crippen molar-refractivity contribution in [2.75, 3.05) is 38.1 Å². The molecular weight excluding hydrogens is 230 g/mol. The number of carboxylic acid groups (broad SMARTS) is 1. The predicted molar refractivity (Wildman–Crippen MR) is 67.8 cm³/mol. The van der Waals surface area contributed by atoms with Crippen LogP contribution in [0.5, 0.6) is 0 Å². The van der Waals surface area contributed by atoms with Gasteiger partial charge in [-0.15, -0.1) is 0 Å². The molecular formula is C13H15N3O2. The molecule has 0 radical (unpaired) electrons. The van der Waals surface area contributed by atoms with Crippen LogP contribution in [0.3, 0.4) is 0 Å². The first-order chi connectivity index (χ1) is 8.61. The van der Waals surface area contributed by atoms with E-state index in [4.69, 9.17) is 10.4 Å². The molecule has 1 saturated heterocycles. The summed E-state index contributed by atoms with van der Waals surface area (Å²) >= 11 is 0. The average Bonchev–Trinajstić information content (AvgIpc) is 2.39. The minimum absolute atomic E-state index is 0.157. The van der Waals surface area contributed by atoms with Crippen LogP contribution in [0, 0.1) is 11.3 Å². The van der Waals surface area contributed by atoms with Crippen molar-refractivity contribution in [3.05, 3.63) is 29.3 Å². The molecule has 5 nitrogen and oxygen atoms in total. The van der Waals surface area contributed by atoms with Gasteiger partial charge in [0.05, 0.1) is 16.8 Å². The van der Waals surface area contributed by atoms with E-state index in [0.717, 1.165) is 31.9 Å². The summed E-state index contributed by atoms with van der Waals surface area (Å²) in [4.78, 5) is 15.2. The third kappa shape index (κ3) is 2.44.